The number of hydrogen-bond acceptors (Lipinski definition) is 4. The number of rotatable bonds is 7. The van der Waals surface area contributed by atoms with E-state index in [1.54, 1.807) is 11.3 Å². The summed E-state index contributed by atoms with van der Waals surface area (Å²) >= 11 is 1.63. The van der Waals surface area contributed by atoms with Gasteiger partial charge in [-0.25, -0.2) is 4.98 Å². The Morgan fingerprint density at radius 1 is 1.19 bits per heavy atom. The molecule has 0 saturated heterocycles. The zero-order valence-electron chi connectivity index (χ0n) is 12.6. The number of aryl methyl sites for hydroxylation is 2. The van der Waals surface area contributed by atoms with Gasteiger partial charge in [0, 0.05) is 36.8 Å². The molecule has 21 heavy (non-hydrogen) atoms. The molecule has 112 valence electrons. The maximum Gasteiger partial charge on any atom is 0.228 e. The molecule has 0 radical (unpaired) electrons. The molecule has 4 nitrogen and oxygen atoms in total. The van der Waals surface area contributed by atoms with Gasteiger partial charge in [0.05, 0.1) is 17.1 Å². The Morgan fingerprint density at radius 2 is 2.00 bits per heavy atom. The summed E-state index contributed by atoms with van der Waals surface area (Å²) in [5.41, 5.74) is 1.96. The molecule has 2 aromatic rings. The molecule has 1 amide bonds. The molecule has 0 N–H and O–H groups in total. The van der Waals surface area contributed by atoms with Crippen molar-refractivity contribution in [2.75, 3.05) is 13.1 Å². The lowest BCUT2D eigenvalue weighted by Crippen LogP contribution is -2.31. The summed E-state index contributed by atoms with van der Waals surface area (Å²) < 4.78 is 0. The number of carbonyl (C=O) groups excluding carboxylic acids is 1. The van der Waals surface area contributed by atoms with E-state index in [0.717, 1.165) is 42.3 Å². The topological polar surface area (TPSA) is 46.1 Å². The highest BCUT2D eigenvalue weighted by molar-refractivity contribution is 7.09. The van der Waals surface area contributed by atoms with Crippen LogP contribution in [0.5, 0.6) is 0 Å². The molecule has 2 rings (SSSR count). The van der Waals surface area contributed by atoms with Crippen LogP contribution >= 0.6 is 11.3 Å². The standard InChI is InChI=1S/C16H21N3OS/c1-3-19(4-2)16(20)11-14-12-21-15(18-14)9-8-13-7-5-6-10-17-13/h5-7,10,12H,3-4,8-9,11H2,1-2H3. The second-order valence-electron chi connectivity index (χ2n) is 4.80. The van der Waals surface area contributed by atoms with Crippen molar-refractivity contribution in [3.05, 3.63) is 46.2 Å². The fourth-order valence-electron chi connectivity index (χ4n) is 2.17. The molecule has 2 heterocycles. The molecule has 0 unspecified atom stereocenters. The average molecular weight is 303 g/mol. The van der Waals surface area contributed by atoms with Crippen molar-refractivity contribution >= 4 is 17.2 Å². The van der Waals surface area contributed by atoms with E-state index >= 15 is 0 Å². The van der Waals surface area contributed by atoms with Crippen LogP contribution in [-0.4, -0.2) is 33.9 Å². The maximum atomic E-state index is 12.0. The van der Waals surface area contributed by atoms with Gasteiger partial charge >= 0.3 is 0 Å². The van der Waals surface area contributed by atoms with Gasteiger partial charge in [0.1, 0.15) is 0 Å². The van der Waals surface area contributed by atoms with Crippen LogP contribution in [0.25, 0.3) is 0 Å². The molecular formula is C16H21N3OS. The molecule has 0 saturated carbocycles. The molecule has 0 aliphatic rings. The van der Waals surface area contributed by atoms with E-state index in [9.17, 15) is 4.79 Å². The monoisotopic (exact) mass is 303 g/mol. The minimum Gasteiger partial charge on any atom is -0.343 e. The third-order valence-electron chi connectivity index (χ3n) is 3.37. The highest BCUT2D eigenvalue weighted by atomic mass is 32.1. The Labute approximate surface area is 129 Å². The van der Waals surface area contributed by atoms with Crippen molar-refractivity contribution in [3.8, 4) is 0 Å². The van der Waals surface area contributed by atoms with E-state index in [2.05, 4.69) is 9.97 Å². The predicted octanol–water partition coefficient (Wildman–Crippen LogP) is 2.73. The number of thiazole rings is 1. The van der Waals surface area contributed by atoms with Crippen LogP contribution < -0.4 is 0 Å². The zero-order chi connectivity index (χ0) is 15.1. The molecule has 2 aromatic heterocycles. The van der Waals surface area contributed by atoms with Gasteiger partial charge in [0.15, 0.2) is 0 Å². The lowest BCUT2D eigenvalue weighted by Gasteiger charge is -2.17. The smallest absolute Gasteiger partial charge is 0.228 e. The fourth-order valence-corrected chi connectivity index (χ4v) is 2.97. The molecule has 5 heteroatoms. The van der Waals surface area contributed by atoms with Gasteiger partial charge in [0.2, 0.25) is 5.91 Å². The molecule has 0 atom stereocenters. The molecule has 0 spiro atoms. The number of likely N-dealkylation sites (N-methyl/N-ethyl adjacent to an activating group) is 1. The molecule has 0 bridgehead atoms. The second kappa shape index (κ2) is 7.88. The number of carbonyl (C=O) groups is 1. The lowest BCUT2D eigenvalue weighted by molar-refractivity contribution is -0.130. The first-order valence-corrected chi connectivity index (χ1v) is 8.21. The summed E-state index contributed by atoms with van der Waals surface area (Å²) in [6, 6.07) is 5.95. The number of pyridine rings is 1. The zero-order valence-corrected chi connectivity index (χ0v) is 13.4. The van der Waals surface area contributed by atoms with Crippen molar-refractivity contribution in [2.24, 2.45) is 0 Å². The van der Waals surface area contributed by atoms with E-state index < -0.39 is 0 Å². The van der Waals surface area contributed by atoms with Crippen LogP contribution in [0.1, 0.15) is 30.2 Å². The van der Waals surface area contributed by atoms with Crippen molar-refractivity contribution in [3.63, 3.8) is 0 Å². The first kappa shape index (κ1) is 15.6. The lowest BCUT2D eigenvalue weighted by atomic mass is 10.2. The largest absolute Gasteiger partial charge is 0.343 e. The molecular weight excluding hydrogens is 282 g/mol. The minimum absolute atomic E-state index is 0.154. The summed E-state index contributed by atoms with van der Waals surface area (Å²) in [5.74, 6) is 0.154. The van der Waals surface area contributed by atoms with Crippen molar-refractivity contribution in [1.82, 2.24) is 14.9 Å². The SMILES string of the molecule is CCN(CC)C(=O)Cc1csc(CCc2ccccn2)n1. The molecule has 0 fully saturated rings. The Morgan fingerprint density at radius 3 is 2.67 bits per heavy atom. The van der Waals surface area contributed by atoms with Gasteiger partial charge in [0.25, 0.3) is 0 Å². The third kappa shape index (κ3) is 4.63. The average Bonchev–Trinajstić information content (AvgIpc) is 2.95. The Bertz CT molecular complexity index is 564. The number of amides is 1. The van der Waals surface area contributed by atoms with Gasteiger partial charge in [-0.1, -0.05) is 6.07 Å². The number of hydrogen-bond donors (Lipinski definition) is 0. The highest BCUT2D eigenvalue weighted by Crippen LogP contribution is 2.13. The maximum absolute atomic E-state index is 12.0. The number of aromatic nitrogens is 2. The molecule has 0 aliphatic heterocycles. The van der Waals surface area contributed by atoms with Crippen LogP contribution in [0.15, 0.2) is 29.8 Å². The summed E-state index contributed by atoms with van der Waals surface area (Å²) in [6.45, 7) is 5.51. The highest BCUT2D eigenvalue weighted by Gasteiger charge is 2.12. The van der Waals surface area contributed by atoms with E-state index in [0.29, 0.717) is 6.42 Å². The Kier molecular flexibility index (Phi) is 5.87. The van der Waals surface area contributed by atoms with Crippen molar-refractivity contribution < 1.29 is 4.79 Å². The molecule has 0 aliphatic carbocycles. The van der Waals surface area contributed by atoms with Crippen molar-refractivity contribution in [2.45, 2.75) is 33.1 Å². The van der Waals surface area contributed by atoms with Crippen LogP contribution in [0, 0.1) is 0 Å². The van der Waals surface area contributed by atoms with Gasteiger partial charge in [-0.3, -0.25) is 9.78 Å². The van der Waals surface area contributed by atoms with Crippen molar-refractivity contribution in [1.29, 1.82) is 0 Å². The Hall–Kier alpha value is -1.75. The summed E-state index contributed by atoms with van der Waals surface area (Å²) in [7, 11) is 0. The molecule has 0 aromatic carbocycles. The Balaban J connectivity index is 1.88. The van der Waals surface area contributed by atoms with E-state index in [4.69, 9.17) is 0 Å². The van der Waals surface area contributed by atoms with E-state index in [-0.39, 0.29) is 5.91 Å². The summed E-state index contributed by atoms with van der Waals surface area (Å²) in [4.78, 5) is 22.8. The normalized spacial score (nSPS) is 10.6. The first-order valence-electron chi connectivity index (χ1n) is 7.33. The summed E-state index contributed by atoms with van der Waals surface area (Å²) in [6.07, 6.45) is 3.98. The third-order valence-corrected chi connectivity index (χ3v) is 4.33. The van der Waals surface area contributed by atoms with Gasteiger partial charge < -0.3 is 4.90 Å². The minimum atomic E-state index is 0.154. The van der Waals surface area contributed by atoms with E-state index in [1.165, 1.54) is 0 Å². The second-order valence-corrected chi connectivity index (χ2v) is 5.74. The van der Waals surface area contributed by atoms with Gasteiger partial charge in [-0.2, -0.15) is 0 Å². The number of nitrogens with zero attached hydrogens (tertiary/aromatic N) is 3. The summed E-state index contributed by atoms with van der Waals surface area (Å²) in [5, 5.41) is 3.07. The van der Waals surface area contributed by atoms with Crippen LogP contribution in [0.2, 0.25) is 0 Å². The predicted molar refractivity (Wildman–Crippen MR) is 85.4 cm³/mol. The van der Waals surface area contributed by atoms with Crippen LogP contribution in [0.3, 0.4) is 0 Å². The van der Waals surface area contributed by atoms with Gasteiger partial charge in [-0.05, 0) is 32.4 Å². The van der Waals surface area contributed by atoms with E-state index in [1.807, 2.05) is 48.5 Å². The quantitative estimate of drug-likeness (QED) is 0.790. The fraction of sp³-hybridized carbons (Fsp3) is 0.438. The van der Waals surface area contributed by atoms with Crippen LogP contribution in [-0.2, 0) is 24.1 Å². The first-order chi connectivity index (χ1) is 10.2. The van der Waals surface area contributed by atoms with Crippen LogP contribution in [0.4, 0.5) is 0 Å². The van der Waals surface area contributed by atoms with Gasteiger partial charge in [-0.15, -0.1) is 11.3 Å².